The van der Waals surface area contributed by atoms with Crippen LogP contribution in [0.1, 0.15) is 13.3 Å². The van der Waals surface area contributed by atoms with Crippen molar-refractivity contribution in [2.45, 2.75) is 13.3 Å². The molecule has 0 heterocycles. The zero-order valence-corrected chi connectivity index (χ0v) is 6.40. The molecule has 0 atom stereocenters. The summed E-state index contributed by atoms with van der Waals surface area (Å²) in [5, 5.41) is 0.889. The third-order valence-corrected chi connectivity index (χ3v) is 1.14. The fraction of sp³-hybridized carbons (Fsp3) is 0.800. The molecule has 0 aliphatic heterocycles. The molecule has 0 unspecified atom stereocenters. The summed E-state index contributed by atoms with van der Waals surface area (Å²) in [4.78, 5) is 10.1. The van der Waals surface area contributed by atoms with Gasteiger partial charge in [0.25, 0.3) is 0 Å². The van der Waals surface area contributed by atoms with Crippen LogP contribution >= 0.6 is 15.9 Å². The van der Waals surface area contributed by atoms with Crippen molar-refractivity contribution >= 4 is 51.5 Å². The number of alkyl halides is 1. The van der Waals surface area contributed by atoms with Crippen molar-refractivity contribution in [1.29, 1.82) is 0 Å². The SMILES string of the molecule is CC(=O)OCCCBr.[NaH]. The first kappa shape index (κ1) is 12.6. The molecule has 0 aromatic carbocycles. The molecule has 0 spiro atoms. The summed E-state index contributed by atoms with van der Waals surface area (Å²) >= 11 is 3.21. The van der Waals surface area contributed by atoms with Gasteiger partial charge in [0, 0.05) is 12.3 Å². The summed E-state index contributed by atoms with van der Waals surface area (Å²) in [5.74, 6) is -0.203. The van der Waals surface area contributed by atoms with Crippen LogP contribution in [0.15, 0.2) is 0 Å². The monoisotopic (exact) mass is 204 g/mol. The van der Waals surface area contributed by atoms with E-state index < -0.39 is 0 Å². The number of esters is 1. The van der Waals surface area contributed by atoms with E-state index in [4.69, 9.17) is 0 Å². The maximum atomic E-state index is 10.1. The molecule has 4 heteroatoms. The average Bonchev–Trinajstić information content (AvgIpc) is 1.66. The van der Waals surface area contributed by atoms with Crippen LogP contribution in [0.2, 0.25) is 0 Å². The van der Waals surface area contributed by atoms with Gasteiger partial charge in [-0.25, -0.2) is 0 Å². The average molecular weight is 205 g/mol. The number of hydrogen-bond acceptors (Lipinski definition) is 2. The maximum absolute atomic E-state index is 10.1. The van der Waals surface area contributed by atoms with Crippen LogP contribution in [0.5, 0.6) is 0 Å². The Morgan fingerprint density at radius 2 is 2.22 bits per heavy atom. The molecule has 0 saturated heterocycles. The molecular formula is C5H10BrNaO2. The van der Waals surface area contributed by atoms with E-state index in [2.05, 4.69) is 20.7 Å². The van der Waals surface area contributed by atoms with E-state index in [9.17, 15) is 4.79 Å². The third-order valence-electron chi connectivity index (χ3n) is 0.583. The van der Waals surface area contributed by atoms with Crippen molar-refractivity contribution in [2.24, 2.45) is 0 Å². The van der Waals surface area contributed by atoms with Crippen molar-refractivity contribution in [1.82, 2.24) is 0 Å². The summed E-state index contributed by atoms with van der Waals surface area (Å²) in [6, 6.07) is 0. The summed E-state index contributed by atoms with van der Waals surface area (Å²) < 4.78 is 4.61. The molecule has 0 amide bonds. The van der Waals surface area contributed by atoms with Gasteiger partial charge >= 0.3 is 35.5 Å². The van der Waals surface area contributed by atoms with Gasteiger partial charge in [-0.2, -0.15) is 0 Å². The van der Waals surface area contributed by atoms with Crippen molar-refractivity contribution in [3.63, 3.8) is 0 Å². The molecule has 50 valence electrons. The molecule has 0 bridgehead atoms. The number of halogens is 1. The van der Waals surface area contributed by atoms with Crippen LogP contribution in [-0.2, 0) is 9.53 Å². The number of carbonyl (C=O) groups excluding carboxylic acids is 1. The third kappa shape index (κ3) is 12.2. The van der Waals surface area contributed by atoms with Gasteiger partial charge in [-0.05, 0) is 6.42 Å². The molecule has 0 aromatic heterocycles. The second kappa shape index (κ2) is 8.95. The van der Waals surface area contributed by atoms with E-state index in [1.165, 1.54) is 6.92 Å². The molecule has 0 fully saturated rings. The van der Waals surface area contributed by atoms with Gasteiger partial charge in [0.1, 0.15) is 0 Å². The first-order valence-electron chi connectivity index (χ1n) is 2.46. The van der Waals surface area contributed by atoms with Crippen LogP contribution < -0.4 is 0 Å². The molecule has 0 N–H and O–H groups in total. The number of ether oxygens (including phenoxy) is 1. The molecule has 0 aromatic rings. The Labute approximate surface area is 85.8 Å². The normalized spacial score (nSPS) is 7.78. The van der Waals surface area contributed by atoms with E-state index in [1.54, 1.807) is 0 Å². The summed E-state index contributed by atoms with van der Waals surface area (Å²) in [6.07, 6.45) is 0.888. The number of rotatable bonds is 3. The second-order valence-corrected chi connectivity index (χ2v) is 2.18. The Morgan fingerprint density at radius 3 is 2.56 bits per heavy atom. The summed E-state index contributed by atoms with van der Waals surface area (Å²) in [7, 11) is 0. The van der Waals surface area contributed by atoms with Gasteiger partial charge in [0.05, 0.1) is 6.61 Å². The molecule has 2 nitrogen and oxygen atoms in total. The molecule has 0 radical (unpaired) electrons. The fourth-order valence-corrected chi connectivity index (χ4v) is 0.499. The molecule has 0 rings (SSSR count). The summed E-state index contributed by atoms with van der Waals surface area (Å²) in [5.41, 5.74) is 0. The minimum absolute atomic E-state index is 0. The zero-order valence-electron chi connectivity index (χ0n) is 4.82. The van der Waals surface area contributed by atoms with E-state index in [0.29, 0.717) is 6.61 Å². The predicted molar refractivity (Wildman–Crippen MR) is 42.2 cm³/mol. The van der Waals surface area contributed by atoms with E-state index in [1.807, 2.05) is 0 Å². The van der Waals surface area contributed by atoms with Gasteiger partial charge < -0.3 is 4.74 Å². The molecule has 0 aliphatic carbocycles. The van der Waals surface area contributed by atoms with Gasteiger partial charge in [0.15, 0.2) is 0 Å². The van der Waals surface area contributed by atoms with Gasteiger partial charge in [0.2, 0.25) is 0 Å². The van der Waals surface area contributed by atoms with Crippen molar-refractivity contribution in [3.8, 4) is 0 Å². The standard InChI is InChI=1S/C5H9BrO2.Na.H/c1-5(7)8-4-2-3-6;;/h2-4H2,1H3;;. The molecule has 0 aliphatic rings. The molecule has 0 saturated carbocycles. The second-order valence-electron chi connectivity index (χ2n) is 1.38. The van der Waals surface area contributed by atoms with Gasteiger partial charge in [-0.15, -0.1) is 0 Å². The van der Waals surface area contributed by atoms with Crippen LogP contribution in [0, 0.1) is 0 Å². The minimum atomic E-state index is -0.203. The first-order valence-corrected chi connectivity index (χ1v) is 3.59. The first-order chi connectivity index (χ1) is 3.77. The van der Waals surface area contributed by atoms with Crippen molar-refractivity contribution in [3.05, 3.63) is 0 Å². The Bertz CT molecular complexity index is 77.4. The van der Waals surface area contributed by atoms with Crippen LogP contribution in [0.25, 0.3) is 0 Å². The topological polar surface area (TPSA) is 26.3 Å². The fourth-order valence-electron chi connectivity index (χ4n) is 0.270. The Balaban J connectivity index is 0. The van der Waals surface area contributed by atoms with Crippen LogP contribution in [0.4, 0.5) is 0 Å². The molecule has 9 heavy (non-hydrogen) atoms. The molecular weight excluding hydrogens is 195 g/mol. The van der Waals surface area contributed by atoms with Crippen LogP contribution in [0.3, 0.4) is 0 Å². The number of carbonyl (C=O) groups is 1. The van der Waals surface area contributed by atoms with Gasteiger partial charge in [-0.3, -0.25) is 4.79 Å². The van der Waals surface area contributed by atoms with E-state index >= 15 is 0 Å². The number of hydrogen-bond donors (Lipinski definition) is 0. The Kier molecular flexibility index (Phi) is 12.5. The predicted octanol–water partition coefficient (Wildman–Crippen LogP) is 0.686. The van der Waals surface area contributed by atoms with Crippen LogP contribution in [-0.4, -0.2) is 47.5 Å². The van der Waals surface area contributed by atoms with E-state index in [0.717, 1.165) is 11.8 Å². The quantitative estimate of drug-likeness (QED) is 0.293. The van der Waals surface area contributed by atoms with Crippen molar-refractivity contribution < 1.29 is 9.53 Å². The zero-order chi connectivity index (χ0) is 6.41. The summed E-state index contributed by atoms with van der Waals surface area (Å²) in [6.45, 7) is 1.94. The Hall–Kier alpha value is 0.950. The van der Waals surface area contributed by atoms with E-state index in [-0.39, 0.29) is 35.5 Å². The van der Waals surface area contributed by atoms with Gasteiger partial charge in [-0.1, -0.05) is 15.9 Å². The van der Waals surface area contributed by atoms with Crippen molar-refractivity contribution in [2.75, 3.05) is 11.9 Å². The Morgan fingerprint density at radius 1 is 1.67 bits per heavy atom.